The summed E-state index contributed by atoms with van der Waals surface area (Å²) in [6.45, 7) is 14.3. The average Bonchev–Trinajstić information content (AvgIpc) is 1.19. The molecule has 6 unspecified atom stereocenters. The van der Waals surface area contributed by atoms with E-state index in [2.05, 4.69) is 55.4 Å². The molecule has 0 saturated heterocycles. The molecule has 0 saturated carbocycles. The number of phosphoric ester groups is 2. The molecule has 19 heteroatoms. The van der Waals surface area contributed by atoms with Gasteiger partial charge in [0, 0.05) is 25.7 Å². The lowest BCUT2D eigenvalue weighted by Gasteiger charge is -2.21. The molecule has 0 aliphatic rings. The van der Waals surface area contributed by atoms with Crippen LogP contribution in [0.3, 0.4) is 0 Å². The van der Waals surface area contributed by atoms with Crippen molar-refractivity contribution in [3.63, 3.8) is 0 Å². The number of aliphatic hydroxyl groups excluding tert-OH is 1. The number of unbranched alkanes of at least 4 members (excludes halogenated alkanes) is 38. The summed E-state index contributed by atoms with van der Waals surface area (Å²) in [7, 11) is -9.92. The Bertz CT molecular complexity index is 1930. The molecular weight excluding hydrogens is 1280 g/mol. The minimum atomic E-state index is -4.96. The lowest BCUT2D eigenvalue weighted by atomic mass is 9.99. The molecule has 0 radical (unpaired) electrons. The van der Waals surface area contributed by atoms with E-state index in [9.17, 15) is 43.2 Å². The van der Waals surface area contributed by atoms with E-state index in [1.807, 2.05) is 0 Å². The van der Waals surface area contributed by atoms with Crippen molar-refractivity contribution in [1.82, 2.24) is 0 Å². The summed E-state index contributed by atoms with van der Waals surface area (Å²) in [5, 5.41) is 10.6. The van der Waals surface area contributed by atoms with Crippen LogP contribution in [-0.4, -0.2) is 96.7 Å². The van der Waals surface area contributed by atoms with Crippen molar-refractivity contribution >= 4 is 39.5 Å². The molecule has 98 heavy (non-hydrogen) atoms. The maximum atomic E-state index is 13.1. The largest absolute Gasteiger partial charge is 0.472 e. The number of ether oxygens (including phenoxy) is 4. The molecule has 3 N–H and O–H groups in total. The summed E-state index contributed by atoms with van der Waals surface area (Å²) >= 11 is 0. The van der Waals surface area contributed by atoms with Gasteiger partial charge in [-0.2, -0.15) is 0 Å². The highest BCUT2D eigenvalue weighted by Gasteiger charge is 2.30. The molecule has 0 bridgehead atoms. The third kappa shape index (κ3) is 67.2. The molecule has 0 fully saturated rings. The van der Waals surface area contributed by atoms with Crippen LogP contribution in [0, 0.1) is 23.7 Å². The van der Waals surface area contributed by atoms with Gasteiger partial charge in [0.05, 0.1) is 26.4 Å². The van der Waals surface area contributed by atoms with Gasteiger partial charge in [0.25, 0.3) is 0 Å². The van der Waals surface area contributed by atoms with Crippen LogP contribution in [0.25, 0.3) is 0 Å². The first-order valence-corrected chi connectivity index (χ1v) is 43.8. The summed E-state index contributed by atoms with van der Waals surface area (Å²) in [5.41, 5.74) is 0. The first kappa shape index (κ1) is 96.1. The number of aliphatic hydroxyl groups is 1. The molecule has 0 amide bonds. The van der Waals surface area contributed by atoms with Crippen molar-refractivity contribution in [3.8, 4) is 0 Å². The Balaban J connectivity index is 5.20. The van der Waals surface area contributed by atoms with Gasteiger partial charge in [-0.15, -0.1) is 0 Å². The highest BCUT2D eigenvalue weighted by Crippen LogP contribution is 2.45. The molecule has 582 valence electrons. The topological polar surface area (TPSA) is 237 Å². The summed E-state index contributed by atoms with van der Waals surface area (Å²) in [6.07, 6.45) is 54.1. The van der Waals surface area contributed by atoms with E-state index < -0.39 is 97.5 Å². The normalized spacial score (nSPS) is 15.2. The lowest BCUT2D eigenvalue weighted by Crippen LogP contribution is -2.30. The highest BCUT2D eigenvalue weighted by atomic mass is 31.2. The van der Waals surface area contributed by atoms with Crippen LogP contribution in [0.4, 0.5) is 0 Å². The number of rotatable bonds is 76. The first-order valence-electron chi connectivity index (χ1n) is 40.9. The summed E-state index contributed by atoms with van der Waals surface area (Å²) in [4.78, 5) is 72.9. The van der Waals surface area contributed by atoms with Crippen LogP contribution in [0.1, 0.15) is 402 Å². The quantitative estimate of drug-likeness (QED) is 0.0222. The summed E-state index contributed by atoms with van der Waals surface area (Å²) < 4.78 is 68.6. The van der Waals surface area contributed by atoms with Gasteiger partial charge >= 0.3 is 39.5 Å². The summed E-state index contributed by atoms with van der Waals surface area (Å²) in [5.74, 6) is 1.06. The van der Waals surface area contributed by atoms with Gasteiger partial charge in [0.1, 0.15) is 19.3 Å². The minimum absolute atomic E-state index is 0.105. The highest BCUT2D eigenvalue weighted by molar-refractivity contribution is 7.47. The van der Waals surface area contributed by atoms with E-state index in [0.29, 0.717) is 25.7 Å². The Morgan fingerprint density at radius 1 is 0.276 bits per heavy atom. The molecule has 0 aromatic carbocycles. The van der Waals surface area contributed by atoms with Crippen LogP contribution in [0.5, 0.6) is 0 Å². The van der Waals surface area contributed by atoms with E-state index in [0.717, 1.165) is 120 Å². The van der Waals surface area contributed by atoms with Crippen LogP contribution >= 0.6 is 15.6 Å². The van der Waals surface area contributed by atoms with Crippen LogP contribution in [0.2, 0.25) is 0 Å². The van der Waals surface area contributed by atoms with E-state index in [1.165, 1.54) is 199 Å². The maximum Gasteiger partial charge on any atom is 0.472 e. The van der Waals surface area contributed by atoms with E-state index in [4.69, 9.17) is 37.0 Å². The molecule has 9 atom stereocenters. The molecule has 0 aromatic rings. The van der Waals surface area contributed by atoms with Gasteiger partial charge in [-0.05, 0) is 49.4 Å². The number of phosphoric acid groups is 2. The Labute approximate surface area is 600 Å². The zero-order valence-corrected chi connectivity index (χ0v) is 66.2. The average molecular weight is 1440 g/mol. The Hall–Kier alpha value is -1.94. The zero-order chi connectivity index (χ0) is 72.4. The third-order valence-corrected chi connectivity index (χ3v) is 21.7. The minimum Gasteiger partial charge on any atom is -0.462 e. The molecule has 0 rings (SSSR count). The van der Waals surface area contributed by atoms with Crippen molar-refractivity contribution in [2.45, 2.75) is 420 Å². The van der Waals surface area contributed by atoms with Gasteiger partial charge in [-0.25, -0.2) is 9.13 Å². The van der Waals surface area contributed by atoms with Crippen LogP contribution in [0.15, 0.2) is 0 Å². The van der Waals surface area contributed by atoms with Crippen LogP contribution in [-0.2, 0) is 65.4 Å². The predicted molar refractivity (Wildman–Crippen MR) is 400 cm³/mol. The molecule has 0 aliphatic heterocycles. The second-order valence-corrected chi connectivity index (χ2v) is 32.3. The molecule has 17 nitrogen and oxygen atoms in total. The second kappa shape index (κ2) is 68.2. The monoisotopic (exact) mass is 1440 g/mol. The van der Waals surface area contributed by atoms with E-state index in [1.54, 1.807) is 0 Å². The Kier molecular flexibility index (Phi) is 66.8. The van der Waals surface area contributed by atoms with Gasteiger partial charge in [0.15, 0.2) is 12.2 Å². The number of carbonyl (C=O) groups excluding carboxylic acids is 4. The van der Waals surface area contributed by atoms with Crippen molar-refractivity contribution in [3.05, 3.63) is 0 Å². The van der Waals surface area contributed by atoms with Gasteiger partial charge < -0.3 is 33.8 Å². The lowest BCUT2D eigenvalue weighted by molar-refractivity contribution is -0.161. The predicted octanol–water partition coefficient (Wildman–Crippen LogP) is 23.2. The van der Waals surface area contributed by atoms with Crippen molar-refractivity contribution in [2.75, 3.05) is 39.6 Å². The SMILES string of the molecule is CCC(C)CCCCCCCCCCCCCCCCCCCCC(=O)O[C@H](COC(=O)CCCCCCCCC(C)CC)COP(=O)(O)OC[C@H](O)COP(=O)(O)OC[C@@H](COC(=O)CCCCCCCCCCC(C)CC)OC(=O)CCCCCCCCCCCCC(C)CC. The smallest absolute Gasteiger partial charge is 0.462 e. The Morgan fingerprint density at radius 3 is 0.673 bits per heavy atom. The molecule has 0 heterocycles. The molecule has 0 spiro atoms. The fourth-order valence-electron chi connectivity index (χ4n) is 12.0. The third-order valence-electron chi connectivity index (χ3n) is 19.8. The fourth-order valence-corrected chi connectivity index (χ4v) is 13.5. The maximum absolute atomic E-state index is 13.1. The standard InChI is InChI=1S/C79H154O17P2/c1-9-69(5)55-47-39-31-25-21-19-17-15-13-14-16-18-20-22-27-35-45-53-61-78(83)96-75(66-90-77(82)60-52-44-38-37-42-50-58-72(8)12-4)68-94-98(87,88)92-64-73(80)63-91-97(85,86)93-67-74(65-89-76(81)59-51-43-34-30-29-33-41-49-57-71(7)11-3)95-79(84)62-54-46-36-28-24-23-26-32-40-48-56-70(6)10-2/h69-75,80H,9-68H2,1-8H3,(H,85,86)(H,87,88)/t69?,70?,71?,72?,73-,74-,75-/m1/s1. The van der Waals surface area contributed by atoms with E-state index in [-0.39, 0.29) is 25.7 Å². The van der Waals surface area contributed by atoms with E-state index >= 15 is 0 Å². The Morgan fingerprint density at radius 2 is 0.459 bits per heavy atom. The fraction of sp³-hybridized carbons (Fsp3) is 0.949. The number of esters is 4. The number of carbonyl (C=O) groups is 4. The molecular formula is C79H154O17P2. The second-order valence-electron chi connectivity index (χ2n) is 29.4. The molecule has 0 aliphatic carbocycles. The van der Waals surface area contributed by atoms with Crippen molar-refractivity contribution in [1.29, 1.82) is 0 Å². The first-order chi connectivity index (χ1) is 47.2. The number of hydrogen-bond donors (Lipinski definition) is 3. The van der Waals surface area contributed by atoms with Crippen molar-refractivity contribution in [2.24, 2.45) is 23.7 Å². The van der Waals surface area contributed by atoms with Crippen LogP contribution < -0.4 is 0 Å². The van der Waals surface area contributed by atoms with Crippen molar-refractivity contribution < 1.29 is 80.2 Å². The molecule has 0 aromatic heterocycles. The van der Waals surface area contributed by atoms with Gasteiger partial charge in [-0.1, -0.05) is 351 Å². The summed E-state index contributed by atoms with van der Waals surface area (Å²) in [6, 6.07) is 0. The zero-order valence-electron chi connectivity index (χ0n) is 64.4. The van der Waals surface area contributed by atoms with Gasteiger partial charge in [0.2, 0.25) is 0 Å². The van der Waals surface area contributed by atoms with Gasteiger partial charge in [-0.3, -0.25) is 37.3 Å². The number of hydrogen-bond acceptors (Lipinski definition) is 15.